The maximum Gasteiger partial charge on any atom is 0.372 e. The van der Waals surface area contributed by atoms with Gasteiger partial charge < -0.3 is 4.74 Å². The Morgan fingerprint density at radius 3 is 2.26 bits per heavy atom. The molecule has 0 aliphatic rings. The fraction of sp³-hybridized carbons (Fsp3) is 0.250. The lowest BCUT2D eigenvalue weighted by atomic mass is 9.99. The number of benzene rings is 2. The molecule has 0 aliphatic carbocycles. The van der Waals surface area contributed by atoms with Gasteiger partial charge in [0, 0.05) is 4.90 Å². The predicted octanol–water partition coefficient (Wildman–Crippen LogP) is 6.08. The van der Waals surface area contributed by atoms with Gasteiger partial charge in [0.15, 0.2) is 0 Å². The van der Waals surface area contributed by atoms with Crippen LogP contribution in [0.4, 0.5) is 4.79 Å². The summed E-state index contributed by atoms with van der Waals surface area (Å²) in [6.45, 7) is 11.8. The summed E-state index contributed by atoms with van der Waals surface area (Å²) in [5.41, 5.74) is 3.61. The van der Waals surface area contributed by atoms with Crippen LogP contribution >= 0.6 is 11.8 Å². The minimum Gasteiger partial charge on any atom is -0.452 e. The molecule has 0 atom stereocenters. The van der Waals surface area contributed by atoms with Gasteiger partial charge in [-0.25, -0.2) is 4.79 Å². The molecular formula is C20H22O2S. The van der Waals surface area contributed by atoms with Gasteiger partial charge in [-0.2, -0.15) is 0 Å². The van der Waals surface area contributed by atoms with E-state index in [4.69, 9.17) is 4.74 Å². The summed E-state index contributed by atoms with van der Waals surface area (Å²) in [6, 6.07) is 16.0. The number of aryl methyl sites for hydroxylation is 1. The maximum absolute atomic E-state index is 12.1. The first kappa shape index (κ1) is 17.4. The Morgan fingerprint density at radius 2 is 1.65 bits per heavy atom. The van der Waals surface area contributed by atoms with Crippen molar-refractivity contribution >= 4 is 22.6 Å². The average molecular weight is 326 g/mol. The fourth-order valence-corrected chi connectivity index (χ4v) is 2.99. The number of carbonyl (C=O) groups excluding carboxylic acids is 1. The van der Waals surface area contributed by atoms with E-state index in [1.165, 1.54) is 5.56 Å². The molecule has 2 aromatic rings. The van der Waals surface area contributed by atoms with Gasteiger partial charge in [0.2, 0.25) is 0 Å². The Morgan fingerprint density at radius 1 is 1.04 bits per heavy atom. The van der Waals surface area contributed by atoms with Crippen molar-refractivity contribution in [3.63, 3.8) is 0 Å². The summed E-state index contributed by atoms with van der Waals surface area (Å²) in [4.78, 5) is 12.9. The second kappa shape index (κ2) is 7.05. The highest BCUT2D eigenvalue weighted by molar-refractivity contribution is 8.13. The van der Waals surface area contributed by atoms with E-state index in [2.05, 4.69) is 25.6 Å². The van der Waals surface area contributed by atoms with E-state index in [-0.39, 0.29) is 5.30 Å². The van der Waals surface area contributed by atoms with Crippen LogP contribution < -0.4 is 0 Å². The summed E-state index contributed by atoms with van der Waals surface area (Å²) < 4.78 is 5.39. The first-order valence-electron chi connectivity index (χ1n) is 7.52. The van der Waals surface area contributed by atoms with Crippen LogP contribution in [0.5, 0.6) is 0 Å². The molecule has 0 saturated heterocycles. The second-order valence-electron chi connectivity index (χ2n) is 6.41. The van der Waals surface area contributed by atoms with Crippen molar-refractivity contribution in [2.45, 2.75) is 38.2 Å². The van der Waals surface area contributed by atoms with Gasteiger partial charge in [0.25, 0.3) is 0 Å². The second-order valence-corrected chi connectivity index (χ2v) is 7.38. The zero-order valence-electron chi connectivity index (χ0n) is 14.1. The van der Waals surface area contributed by atoms with Crippen molar-refractivity contribution < 1.29 is 9.53 Å². The van der Waals surface area contributed by atoms with Crippen molar-refractivity contribution in [1.29, 1.82) is 0 Å². The van der Waals surface area contributed by atoms with Crippen molar-refractivity contribution in [2.24, 2.45) is 0 Å². The SMILES string of the molecule is C=C(c1ccc(C)cc1)c1ccccc1SC(=O)OC(C)(C)C. The minimum atomic E-state index is -0.493. The molecule has 0 saturated carbocycles. The van der Waals surface area contributed by atoms with E-state index in [1.807, 2.05) is 57.2 Å². The summed E-state index contributed by atoms with van der Waals surface area (Å²) in [6.07, 6.45) is 0. The third-order valence-corrected chi connectivity index (χ3v) is 4.02. The molecule has 0 unspecified atom stereocenters. The Bertz CT molecular complexity index is 709. The molecule has 2 aromatic carbocycles. The highest BCUT2D eigenvalue weighted by Crippen LogP contribution is 2.33. The summed E-state index contributed by atoms with van der Waals surface area (Å²) >= 11 is 1.10. The number of ether oxygens (including phenoxy) is 1. The number of hydrogen-bond acceptors (Lipinski definition) is 3. The van der Waals surface area contributed by atoms with E-state index in [0.29, 0.717) is 0 Å². The van der Waals surface area contributed by atoms with Gasteiger partial charge in [0.1, 0.15) is 5.60 Å². The molecule has 0 amide bonds. The van der Waals surface area contributed by atoms with Crippen LogP contribution in [0.15, 0.2) is 60.0 Å². The molecule has 0 bridgehead atoms. The van der Waals surface area contributed by atoms with Gasteiger partial charge >= 0.3 is 5.30 Å². The molecule has 0 fully saturated rings. The molecule has 2 nitrogen and oxygen atoms in total. The van der Waals surface area contributed by atoms with Gasteiger partial charge in [-0.05, 0) is 62.2 Å². The molecule has 2 rings (SSSR count). The summed E-state index contributed by atoms with van der Waals surface area (Å²) in [7, 11) is 0. The molecule has 0 aromatic heterocycles. The minimum absolute atomic E-state index is 0.304. The Kier molecular flexibility index (Phi) is 5.32. The quantitative estimate of drug-likeness (QED) is 0.505. The van der Waals surface area contributed by atoms with Crippen molar-refractivity contribution in [3.05, 3.63) is 71.8 Å². The molecule has 23 heavy (non-hydrogen) atoms. The maximum atomic E-state index is 12.1. The van der Waals surface area contributed by atoms with Gasteiger partial charge in [-0.3, -0.25) is 0 Å². The molecule has 0 radical (unpaired) electrons. The lowest BCUT2D eigenvalue weighted by molar-refractivity contribution is 0.0738. The van der Waals surface area contributed by atoms with E-state index < -0.39 is 5.60 Å². The van der Waals surface area contributed by atoms with E-state index in [0.717, 1.165) is 33.4 Å². The van der Waals surface area contributed by atoms with Crippen LogP contribution in [0.2, 0.25) is 0 Å². The van der Waals surface area contributed by atoms with Gasteiger partial charge in [-0.1, -0.05) is 54.6 Å². The average Bonchev–Trinajstić information content (AvgIpc) is 2.46. The van der Waals surface area contributed by atoms with Gasteiger partial charge in [0.05, 0.1) is 0 Å². The lowest BCUT2D eigenvalue weighted by Gasteiger charge is -2.19. The standard InChI is InChI=1S/C20H22O2S/c1-14-10-12-16(13-11-14)15(2)17-8-6-7-9-18(17)23-19(21)22-20(3,4)5/h6-13H,2H2,1,3-5H3. The number of hydrogen-bond donors (Lipinski definition) is 0. The lowest BCUT2D eigenvalue weighted by Crippen LogP contribution is -2.21. The van der Waals surface area contributed by atoms with Crippen LogP contribution in [-0.2, 0) is 4.74 Å². The van der Waals surface area contributed by atoms with Crippen molar-refractivity contribution in [1.82, 2.24) is 0 Å². The van der Waals surface area contributed by atoms with Crippen LogP contribution in [0.25, 0.3) is 5.57 Å². The van der Waals surface area contributed by atoms with Crippen LogP contribution in [-0.4, -0.2) is 10.9 Å². The molecular weight excluding hydrogens is 304 g/mol. The molecule has 0 heterocycles. The Labute approximate surface area is 142 Å². The first-order chi connectivity index (χ1) is 10.8. The number of thioether (sulfide) groups is 1. The molecule has 0 N–H and O–H groups in total. The summed E-state index contributed by atoms with van der Waals surface area (Å²) in [5, 5.41) is -0.304. The predicted molar refractivity (Wildman–Crippen MR) is 97.8 cm³/mol. The zero-order valence-corrected chi connectivity index (χ0v) is 14.9. The normalized spacial score (nSPS) is 11.1. The number of rotatable bonds is 3. The first-order valence-corrected chi connectivity index (χ1v) is 8.34. The Hall–Kier alpha value is -2.00. The third-order valence-electron chi connectivity index (χ3n) is 3.20. The topological polar surface area (TPSA) is 26.3 Å². The largest absolute Gasteiger partial charge is 0.452 e. The fourth-order valence-electron chi connectivity index (χ4n) is 2.08. The molecule has 3 heteroatoms. The molecule has 120 valence electrons. The summed E-state index contributed by atoms with van der Waals surface area (Å²) in [5.74, 6) is 0. The van der Waals surface area contributed by atoms with Crippen LogP contribution in [0.3, 0.4) is 0 Å². The van der Waals surface area contributed by atoms with Crippen LogP contribution in [0.1, 0.15) is 37.5 Å². The third kappa shape index (κ3) is 5.00. The van der Waals surface area contributed by atoms with E-state index >= 15 is 0 Å². The highest BCUT2D eigenvalue weighted by atomic mass is 32.2. The zero-order chi connectivity index (χ0) is 17.0. The van der Waals surface area contributed by atoms with Crippen molar-refractivity contribution in [2.75, 3.05) is 0 Å². The van der Waals surface area contributed by atoms with Gasteiger partial charge in [-0.15, -0.1) is 0 Å². The van der Waals surface area contributed by atoms with E-state index in [1.54, 1.807) is 0 Å². The van der Waals surface area contributed by atoms with Crippen LogP contribution in [0, 0.1) is 6.92 Å². The van der Waals surface area contributed by atoms with E-state index in [9.17, 15) is 4.79 Å². The smallest absolute Gasteiger partial charge is 0.372 e. The molecule has 0 spiro atoms. The highest BCUT2D eigenvalue weighted by Gasteiger charge is 2.19. The van der Waals surface area contributed by atoms with Crippen molar-refractivity contribution in [3.8, 4) is 0 Å². The monoisotopic (exact) mass is 326 g/mol. The molecule has 0 aliphatic heterocycles. The number of carbonyl (C=O) groups is 1. The Balaban J connectivity index is 2.25.